The summed E-state index contributed by atoms with van der Waals surface area (Å²) in [7, 11) is 1.50. The molecule has 0 radical (unpaired) electrons. The zero-order valence-electron chi connectivity index (χ0n) is 17.9. The van der Waals surface area contributed by atoms with E-state index in [2.05, 4.69) is 19.2 Å². The third-order valence-corrected chi connectivity index (χ3v) is 4.14. The summed E-state index contributed by atoms with van der Waals surface area (Å²) in [5.74, 6) is 1.18. The van der Waals surface area contributed by atoms with E-state index in [0.29, 0.717) is 42.1 Å². The number of amides is 1. The number of esters is 1. The van der Waals surface area contributed by atoms with E-state index in [1.807, 2.05) is 6.92 Å². The van der Waals surface area contributed by atoms with Crippen molar-refractivity contribution < 1.29 is 28.5 Å². The van der Waals surface area contributed by atoms with Crippen LogP contribution < -0.4 is 19.5 Å². The lowest BCUT2D eigenvalue weighted by Gasteiger charge is -2.13. The van der Waals surface area contributed by atoms with Crippen LogP contribution in [0.4, 0.5) is 5.69 Å². The van der Waals surface area contributed by atoms with Crippen LogP contribution in [-0.4, -0.2) is 38.8 Å². The van der Waals surface area contributed by atoms with Crippen molar-refractivity contribution in [3.63, 3.8) is 0 Å². The van der Waals surface area contributed by atoms with Crippen LogP contribution in [0.3, 0.4) is 0 Å². The van der Waals surface area contributed by atoms with E-state index in [4.69, 9.17) is 18.9 Å². The number of hydrogen-bond donors (Lipinski definition) is 1. The molecule has 30 heavy (non-hydrogen) atoms. The molecule has 2 aromatic rings. The first-order valence-corrected chi connectivity index (χ1v) is 9.93. The maximum absolute atomic E-state index is 12.3. The molecule has 2 rings (SSSR count). The highest BCUT2D eigenvalue weighted by Gasteiger charge is 2.14. The first-order chi connectivity index (χ1) is 14.4. The van der Waals surface area contributed by atoms with Gasteiger partial charge in [0.1, 0.15) is 5.75 Å². The third-order valence-electron chi connectivity index (χ3n) is 4.14. The summed E-state index contributed by atoms with van der Waals surface area (Å²) in [4.78, 5) is 24.3. The van der Waals surface area contributed by atoms with Crippen molar-refractivity contribution in [1.82, 2.24) is 0 Å². The summed E-state index contributed by atoms with van der Waals surface area (Å²) in [6, 6.07) is 11.7. The highest BCUT2D eigenvalue weighted by molar-refractivity contribution is 5.95. The fourth-order valence-electron chi connectivity index (χ4n) is 2.53. The van der Waals surface area contributed by atoms with Crippen molar-refractivity contribution in [3.8, 4) is 17.2 Å². The van der Waals surface area contributed by atoms with Crippen LogP contribution in [0.25, 0.3) is 0 Å². The van der Waals surface area contributed by atoms with Crippen molar-refractivity contribution in [3.05, 3.63) is 48.0 Å². The van der Waals surface area contributed by atoms with Gasteiger partial charge in [-0.15, -0.1) is 0 Å². The van der Waals surface area contributed by atoms with Crippen LogP contribution in [0.1, 0.15) is 37.6 Å². The molecule has 1 N–H and O–H groups in total. The number of hydrogen-bond acceptors (Lipinski definition) is 6. The third kappa shape index (κ3) is 7.31. The smallest absolute Gasteiger partial charge is 0.338 e. The number of rotatable bonds is 11. The van der Waals surface area contributed by atoms with E-state index in [1.54, 1.807) is 36.4 Å². The molecule has 0 aliphatic rings. The topological polar surface area (TPSA) is 83.1 Å². The molecule has 0 aromatic heterocycles. The minimum absolute atomic E-state index is 0.275. The van der Waals surface area contributed by atoms with Gasteiger partial charge in [-0.25, -0.2) is 4.79 Å². The molecule has 0 unspecified atom stereocenters. The van der Waals surface area contributed by atoms with Crippen molar-refractivity contribution in [2.45, 2.75) is 27.2 Å². The molecule has 0 spiro atoms. The van der Waals surface area contributed by atoms with Gasteiger partial charge in [-0.3, -0.25) is 4.79 Å². The fraction of sp³-hybridized carbons (Fsp3) is 0.391. The number of anilines is 1. The van der Waals surface area contributed by atoms with Gasteiger partial charge in [0.05, 0.1) is 25.9 Å². The second-order valence-electron chi connectivity index (χ2n) is 6.98. The molecular formula is C23H29NO6. The van der Waals surface area contributed by atoms with E-state index in [1.165, 1.54) is 13.2 Å². The Kier molecular flexibility index (Phi) is 9.00. The molecule has 0 fully saturated rings. The highest BCUT2D eigenvalue weighted by Crippen LogP contribution is 2.28. The number of nitrogens with one attached hydrogen (secondary N) is 1. The van der Waals surface area contributed by atoms with Gasteiger partial charge in [0, 0.05) is 5.69 Å². The summed E-state index contributed by atoms with van der Waals surface area (Å²) in [5, 5.41) is 2.67. The second kappa shape index (κ2) is 11.7. The van der Waals surface area contributed by atoms with Crippen LogP contribution in [0.2, 0.25) is 0 Å². The normalized spacial score (nSPS) is 10.4. The van der Waals surface area contributed by atoms with Gasteiger partial charge in [0.2, 0.25) is 0 Å². The Morgan fingerprint density at radius 1 is 1.00 bits per heavy atom. The number of carbonyl (C=O) groups excluding carboxylic acids is 2. The lowest BCUT2D eigenvalue weighted by atomic mass is 10.1. The summed E-state index contributed by atoms with van der Waals surface area (Å²) in [5.41, 5.74) is 0.862. The van der Waals surface area contributed by atoms with E-state index in [0.717, 1.165) is 6.42 Å². The van der Waals surface area contributed by atoms with Crippen LogP contribution in [0.15, 0.2) is 42.5 Å². The molecule has 7 heteroatoms. The number of ether oxygens (including phenoxy) is 4. The molecule has 0 heterocycles. The zero-order valence-corrected chi connectivity index (χ0v) is 17.9. The first-order valence-electron chi connectivity index (χ1n) is 9.93. The zero-order chi connectivity index (χ0) is 21.9. The quantitative estimate of drug-likeness (QED) is 0.551. The Hall–Kier alpha value is -3.22. The van der Waals surface area contributed by atoms with Crippen molar-refractivity contribution in [1.29, 1.82) is 0 Å². The molecular weight excluding hydrogens is 386 g/mol. The van der Waals surface area contributed by atoms with E-state index in [9.17, 15) is 9.59 Å². The van der Waals surface area contributed by atoms with Gasteiger partial charge in [-0.1, -0.05) is 13.8 Å². The Labute approximate surface area is 177 Å². The van der Waals surface area contributed by atoms with Crippen LogP contribution in [-0.2, 0) is 9.53 Å². The Morgan fingerprint density at radius 3 is 2.37 bits per heavy atom. The summed E-state index contributed by atoms with van der Waals surface area (Å²) in [6.07, 6.45) is 0.913. The summed E-state index contributed by atoms with van der Waals surface area (Å²) < 4.78 is 21.5. The van der Waals surface area contributed by atoms with Gasteiger partial charge in [-0.2, -0.15) is 0 Å². The SMILES string of the molecule is CCOc1ccc(NC(=O)COC(=O)c2ccc(OCCC(C)C)c(OC)c2)cc1. The lowest BCUT2D eigenvalue weighted by molar-refractivity contribution is -0.119. The van der Waals surface area contributed by atoms with E-state index in [-0.39, 0.29) is 5.56 Å². The predicted molar refractivity (Wildman–Crippen MR) is 114 cm³/mol. The van der Waals surface area contributed by atoms with Gasteiger partial charge in [0.15, 0.2) is 18.1 Å². The minimum atomic E-state index is -0.621. The summed E-state index contributed by atoms with van der Waals surface area (Å²) >= 11 is 0. The maximum atomic E-state index is 12.3. The fourth-order valence-corrected chi connectivity index (χ4v) is 2.53. The summed E-state index contributed by atoms with van der Waals surface area (Å²) in [6.45, 7) is 6.85. The maximum Gasteiger partial charge on any atom is 0.338 e. The number of carbonyl (C=O) groups is 2. The molecule has 2 aromatic carbocycles. The van der Waals surface area contributed by atoms with Gasteiger partial charge in [0.25, 0.3) is 5.91 Å². The van der Waals surface area contributed by atoms with E-state index < -0.39 is 18.5 Å². The largest absolute Gasteiger partial charge is 0.494 e. The molecule has 0 bridgehead atoms. The first kappa shape index (κ1) is 23.1. The number of methoxy groups -OCH3 is 1. The Balaban J connectivity index is 1.88. The van der Waals surface area contributed by atoms with Gasteiger partial charge >= 0.3 is 5.97 Å². The molecule has 0 aliphatic heterocycles. The van der Waals surface area contributed by atoms with E-state index >= 15 is 0 Å². The van der Waals surface area contributed by atoms with Crippen LogP contribution in [0.5, 0.6) is 17.2 Å². The minimum Gasteiger partial charge on any atom is -0.494 e. The standard InChI is InChI=1S/C23H29NO6/c1-5-28-19-9-7-18(8-10-19)24-22(25)15-30-23(26)17-6-11-20(21(14-17)27-4)29-13-12-16(2)3/h6-11,14,16H,5,12-13,15H2,1-4H3,(H,24,25). The molecule has 0 saturated heterocycles. The number of benzene rings is 2. The molecule has 0 saturated carbocycles. The molecule has 0 atom stereocenters. The monoisotopic (exact) mass is 415 g/mol. The highest BCUT2D eigenvalue weighted by atomic mass is 16.5. The Morgan fingerprint density at radius 2 is 1.73 bits per heavy atom. The van der Waals surface area contributed by atoms with Gasteiger partial charge in [-0.05, 0) is 61.7 Å². The van der Waals surface area contributed by atoms with Crippen molar-refractivity contribution in [2.75, 3.05) is 32.2 Å². The molecule has 7 nitrogen and oxygen atoms in total. The molecule has 0 aliphatic carbocycles. The average molecular weight is 415 g/mol. The van der Waals surface area contributed by atoms with Gasteiger partial charge < -0.3 is 24.3 Å². The predicted octanol–water partition coefficient (Wildman–Crippen LogP) is 4.31. The second-order valence-corrected chi connectivity index (χ2v) is 6.98. The van der Waals surface area contributed by atoms with Crippen molar-refractivity contribution in [2.24, 2.45) is 5.92 Å². The molecule has 1 amide bonds. The lowest BCUT2D eigenvalue weighted by Crippen LogP contribution is -2.21. The van der Waals surface area contributed by atoms with Crippen molar-refractivity contribution >= 4 is 17.6 Å². The van der Waals surface area contributed by atoms with Crippen LogP contribution in [0, 0.1) is 5.92 Å². The average Bonchev–Trinajstić information content (AvgIpc) is 2.73. The Bertz CT molecular complexity index is 832. The van der Waals surface area contributed by atoms with Crippen LogP contribution >= 0.6 is 0 Å². The molecule has 162 valence electrons.